The molecule has 0 bridgehead atoms. The summed E-state index contributed by atoms with van der Waals surface area (Å²) < 4.78 is 0. The first-order valence-corrected chi connectivity index (χ1v) is 17.2. The monoisotopic (exact) mass is 778 g/mol. The van der Waals surface area contributed by atoms with E-state index in [2.05, 4.69) is 0 Å². The summed E-state index contributed by atoms with van der Waals surface area (Å²) in [5.74, 6) is -0.438. The summed E-state index contributed by atoms with van der Waals surface area (Å²) in [6.07, 6.45) is 0. The quantitative estimate of drug-likeness (QED) is 0.153. The molecule has 0 aliphatic carbocycles. The number of ketones is 1. The zero-order valence-electron chi connectivity index (χ0n) is 29.3. The lowest BCUT2D eigenvalue weighted by molar-refractivity contribution is -0.120. The van der Waals surface area contributed by atoms with Gasteiger partial charge in [0.25, 0.3) is 11.7 Å². The molecule has 7 aromatic rings. The van der Waals surface area contributed by atoms with Crippen molar-refractivity contribution in [3.63, 3.8) is 0 Å². The lowest BCUT2D eigenvalue weighted by Crippen LogP contribution is -2.40. The maximum Gasteiger partial charge on any atom is 0.304 e. The molecule has 2 amide bonds. The molecule has 7 aromatic carbocycles. The topological polar surface area (TPSA) is 118 Å². The molecular formula is C48H43ClN2O6. The van der Waals surface area contributed by atoms with Crippen LogP contribution in [0.15, 0.2) is 188 Å². The van der Waals surface area contributed by atoms with E-state index in [1.807, 2.05) is 97.1 Å². The van der Waals surface area contributed by atoms with Crippen LogP contribution in [0.2, 0.25) is 0 Å². The lowest BCUT2D eigenvalue weighted by Gasteiger charge is -2.30. The van der Waals surface area contributed by atoms with Gasteiger partial charge in [0.05, 0.1) is 16.9 Å². The molecule has 0 saturated heterocycles. The predicted molar refractivity (Wildman–Crippen MR) is 229 cm³/mol. The van der Waals surface area contributed by atoms with Crippen LogP contribution in [-0.4, -0.2) is 32.9 Å². The number of nitrogens with zero attached hydrogens (tertiary/aromatic N) is 2. The fraction of sp³-hybridized carbons (Fsp3) is 0.0625. The number of anilines is 4. The summed E-state index contributed by atoms with van der Waals surface area (Å²) in [5, 5.41) is 28.3. The number of amides is 2. The number of aromatic hydroxyl groups is 3. The Labute approximate surface area is 339 Å². The van der Waals surface area contributed by atoms with Crippen LogP contribution < -0.4 is 9.80 Å². The molecule has 0 saturated carbocycles. The third-order valence-electron chi connectivity index (χ3n) is 9.25. The van der Waals surface area contributed by atoms with Crippen LogP contribution in [0.1, 0.15) is 41.9 Å². The zero-order valence-corrected chi connectivity index (χ0v) is 30.1. The lowest BCUT2D eigenvalue weighted by atomic mass is 9.70. The number of carbonyl (C=O) groups is 3. The number of halogens is 1. The molecule has 288 valence electrons. The Morgan fingerprint density at radius 1 is 0.404 bits per heavy atom. The second-order valence-electron chi connectivity index (χ2n) is 12.5. The highest BCUT2D eigenvalue weighted by atomic mass is 35.5. The molecule has 9 rings (SSSR count). The molecule has 0 unspecified atom stereocenters. The summed E-state index contributed by atoms with van der Waals surface area (Å²) >= 11 is 0. The van der Waals surface area contributed by atoms with Crippen molar-refractivity contribution in [1.29, 1.82) is 0 Å². The van der Waals surface area contributed by atoms with E-state index in [4.69, 9.17) is 5.11 Å². The fourth-order valence-corrected chi connectivity index (χ4v) is 6.81. The number of Topliss-reactive ketones (excluding diaryl/α,β-unsaturated/α-hetero) is 1. The maximum atomic E-state index is 14.3. The number of fused-ring (bicyclic) bond motifs is 2. The molecule has 2 aliphatic heterocycles. The van der Waals surface area contributed by atoms with Crippen molar-refractivity contribution in [2.24, 2.45) is 0 Å². The molecule has 3 N–H and O–H groups in total. The first-order valence-electron chi connectivity index (χ1n) is 17.2. The Morgan fingerprint density at radius 3 is 1.26 bits per heavy atom. The number of phenols is 3. The second-order valence-corrected chi connectivity index (χ2v) is 12.5. The highest BCUT2D eigenvalue weighted by molar-refractivity contribution is 6.53. The maximum absolute atomic E-state index is 14.3. The largest absolute Gasteiger partial charge is 0.508 e. The molecule has 57 heavy (non-hydrogen) atoms. The van der Waals surface area contributed by atoms with E-state index in [9.17, 15) is 24.6 Å². The highest BCUT2D eigenvalue weighted by Crippen LogP contribution is 2.53. The number of rotatable bonds is 4. The number of phenolic OH excluding ortho intramolecular Hbond substituents is 3. The minimum atomic E-state index is -1.10. The molecular weight excluding hydrogens is 736 g/mol. The molecule has 0 aromatic heterocycles. The molecule has 9 heteroatoms. The second kappa shape index (κ2) is 18.4. The van der Waals surface area contributed by atoms with Gasteiger partial charge in [-0.15, -0.1) is 12.4 Å². The fourth-order valence-electron chi connectivity index (χ4n) is 6.81. The summed E-state index contributed by atoms with van der Waals surface area (Å²) in [5.41, 5.74) is 4.71. The standard InChI is InChI=1S/C26H19NO3.C14H9NO2.C6H6O.2CH4.ClH/c28-21-14-10-18(11-15-21)26(19-12-16-22(29)17-13-19)23-8-4-5-9-24(23)27(25(26)30)20-6-2-1-3-7-20;16-13-11-8-4-5-9-12(11)15(14(13)17)10-6-2-1-3-7-10;7-6-4-2-1-3-5-6;;;/h1-17,28-29H;1-9H;1-5,7H;2*1H4;1H. The summed E-state index contributed by atoms with van der Waals surface area (Å²) in [6.45, 7) is 0. The van der Waals surface area contributed by atoms with Gasteiger partial charge in [-0.2, -0.15) is 0 Å². The van der Waals surface area contributed by atoms with Gasteiger partial charge >= 0.3 is 5.91 Å². The number of para-hydroxylation sites is 5. The van der Waals surface area contributed by atoms with Gasteiger partial charge in [-0.25, -0.2) is 0 Å². The Morgan fingerprint density at radius 2 is 0.789 bits per heavy atom. The normalized spacial score (nSPS) is 12.9. The zero-order chi connectivity index (χ0) is 37.7. The van der Waals surface area contributed by atoms with Gasteiger partial charge in [-0.05, 0) is 90.0 Å². The van der Waals surface area contributed by atoms with Gasteiger partial charge in [-0.3, -0.25) is 24.2 Å². The summed E-state index contributed by atoms with van der Waals surface area (Å²) in [6, 6.07) is 55.8. The van der Waals surface area contributed by atoms with E-state index in [-0.39, 0.29) is 44.7 Å². The van der Waals surface area contributed by atoms with E-state index in [1.54, 1.807) is 95.9 Å². The van der Waals surface area contributed by atoms with Crippen molar-refractivity contribution >= 4 is 52.8 Å². The van der Waals surface area contributed by atoms with Crippen molar-refractivity contribution in [1.82, 2.24) is 0 Å². The molecule has 8 nitrogen and oxygen atoms in total. The molecule has 0 spiro atoms. The van der Waals surface area contributed by atoms with E-state index in [1.165, 1.54) is 4.90 Å². The van der Waals surface area contributed by atoms with Crippen molar-refractivity contribution in [3.8, 4) is 17.2 Å². The Bertz CT molecular complexity index is 2380. The summed E-state index contributed by atoms with van der Waals surface area (Å²) in [4.78, 5) is 41.2. The van der Waals surface area contributed by atoms with Crippen LogP contribution in [0.25, 0.3) is 0 Å². The van der Waals surface area contributed by atoms with Crippen molar-refractivity contribution < 1.29 is 29.7 Å². The Hall–Kier alpha value is -7.16. The molecule has 0 fully saturated rings. The van der Waals surface area contributed by atoms with Gasteiger partial charge in [0.15, 0.2) is 0 Å². The van der Waals surface area contributed by atoms with Crippen molar-refractivity contribution in [2.45, 2.75) is 20.3 Å². The van der Waals surface area contributed by atoms with Crippen molar-refractivity contribution in [3.05, 3.63) is 210 Å². The smallest absolute Gasteiger partial charge is 0.304 e. The van der Waals surface area contributed by atoms with Crippen LogP contribution in [0, 0.1) is 0 Å². The number of hydrogen-bond acceptors (Lipinski definition) is 6. The Kier molecular flexibility index (Phi) is 13.8. The van der Waals surface area contributed by atoms with Crippen LogP contribution in [-0.2, 0) is 15.0 Å². The molecule has 2 heterocycles. The van der Waals surface area contributed by atoms with E-state index in [0.29, 0.717) is 17.0 Å². The minimum Gasteiger partial charge on any atom is -0.508 e. The average molecular weight is 779 g/mol. The van der Waals surface area contributed by atoms with E-state index >= 15 is 0 Å². The SMILES string of the molecule is C.C.Cl.O=C1C(=O)N(c2ccccc2)c2ccccc21.O=C1N(c2ccccc2)c2ccccc2C1(c1ccc(O)cc1)c1ccc(O)cc1.Oc1ccccc1. The average Bonchev–Trinajstić information content (AvgIpc) is 3.63. The van der Waals surface area contributed by atoms with Gasteiger partial charge in [0.1, 0.15) is 22.7 Å². The summed E-state index contributed by atoms with van der Waals surface area (Å²) in [7, 11) is 0. The Balaban J connectivity index is 0.000000225. The number of carbonyl (C=O) groups excluding carboxylic acids is 3. The van der Waals surface area contributed by atoms with E-state index < -0.39 is 17.1 Å². The predicted octanol–water partition coefficient (Wildman–Crippen LogP) is 10.7. The van der Waals surface area contributed by atoms with Gasteiger partial charge in [-0.1, -0.05) is 124 Å². The van der Waals surface area contributed by atoms with Crippen LogP contribution >= 0.6 is 12.4 Å². The van der Waals surface area contributed by atoms with Crippen LogP contribution in [0.4, 0.5) is 22.7 Å². The highest BCUT2D eigenvalue weighted by Gasteiger charge is 2.53. The first kappa shape index (κ1) is 42.6. The first-order chi connectivity index (χ1) is 26.3. The molecule has 2 aliphatic rings. The third kappa shape index (κ3) is 8.12. The molecule has 0 atom stereocenters. The minimum absolute atomic E-state index is 0. The number of benzene rings is 7. The molecule has 0 radical (unpaired) electrons. The van der Waals surface area contributed by atoms with E-state index in [0.717, 1.165) is 33.8 Å². The van der Waals surface area contributed by atoms with Gasteiger partial charge in [0.2, 0.25) is 0 Å². The van der Waals surface area contributed by atoms with Crippen molar-refractivity contribution in [2.75, 3.05) is 9.80 Å². The van der Waals surface area contributed by atoms with Crippen LogP contribution in [0.5, 0.6) is 17.2 Å². The van der Waals surface area contributed by atoms with Crippen LogP contribution in [0.3, 0.4) is 0 Å². The van der Waals surface area contributed by atoms with Gasteiger partial charge in [0, 0.05) is 16.9 Å². The number of hydrogen-bond donors (Lipinski definition) is 3. The van der Waals surface area contributed by atoms with Gasteiger partial charge < -0.3 is 15.3 Å². The third-order valence-corrected chi connectivity index (χ3v) is 9.25.